The van der Waals surface area contributed by atoms with Crippen molar-refractivity contribution in [2.24, 2.45) is 0 Å². The van der Waals surface area contributed by atoms with Gasteiger partial charge in [-0.05, 0) is 6.92 Å². The smallest absolute Gasteiger partial charge is 0.305 e. The Labute approximate surface area is 92.9 Å². The summed E-state index contributed by atoms with van der Waals surface area (Å²) in [7, 11) is 1.55. The fourth-order valence-corrected chi connectivity index (χ4v) is 1.17. The van der Waals surface area contributed by atoms with Crippen LogP contribution in [-0.4, -0.2) is 45.4 Å². The molecular weight excluding hydrogens is 210 g/mol. The molecule has 1 aromatic rings. The van der Waals surface area contributed by atoms with Gasteiger partial charge in [-0.15, -0.1) is 0 Å². The molecule has 0 saturated heterocycles. The second kappa shape index (κ2) is 5.20. The fraction of sp³-hybridized carbons (Fsp3) is 0.400. The highest BCUT2D eigenvalue weighted by atomic mass is 16.4. The summed E-state index contributed by atoms with van der Waals surface area (Å²) in [6.07, 6.45) is 2.72. The van der Waals surface area contributed by atoms with E-state index in [1.165, 1.54) is 17.4 Å². The molecule has 1 amide bonds. The predicted molar refractivity (Wildman–Crippen MR) is 56.0 cm³/mol. The topological polar surface area (TPSA) is 83.4 Å². The maximum absolute atomic E-state index is 11.8. The van der Waals surface area contributed by atoms with Gasteiger partial charge in [0.2, 0.25) is 0 Å². The normalized spacial score (nSPS) is 9.88. The molecule has 16 heavy (non-hydrogen) atoms. The molecule has 0 bridgehead atoms. The highest BCUT2D eigenvalue weighted by Gasteiger charge is 2.15. The number of carbonyl (C=O) groups is 2. The molecule has 86 valence electrons. The van der Waals surface area contributed by atoms with Gasteiger partial charge in [-0.2, -0.15) is 0 Å². The van der Waals surface area contributed by atoms with Crippen LogP contribution in [-0.2, 0) is 4.79 Å². The number of aliphatic carboxylic acids is 1. The Morgan fingerprint density at radius 2 is 2.19 bits per heavy atom. The third-order valence-electron chi connectivity index (χ3n) is 2.15. The quantitative estimate of drug-likeness (QED) is 0.795. The van der Waals surface area contributed by atoms with Crippen LogP contribution in [0.2, 0.25) is 0 Å². The molecule has 6 nitrogen and oxygen atoms in total. The fourth-order valence-electron chi connectivity index (χ4n) is 1.17. The van der Waals surface area contributed by atoms with Crippen molar-refractivity contribution >= 4 is 11.9 Å². The Kier molecular flexibility index (Phi) is 3.93. The summed E-state index contributed by atoms with van der Waals surface area (Å²) in [5.74, 6) is -1.19. The first-order valence-electron chi connectivity index (χ1n) is 4.76. The van der Waals surface area contributed by atoms with E-state index in [0.717, 1.165) is 0 Å². The van der Waals surface area contributed by atoms with E-state index in [9.17, 15) is 9.59 Å². The average Bonchev–Trinajstić information content (AvgIpc) is 2.25. The van der Waals surface area contributed by atoms with Gasteiger partial charge in [0, 0.05) is 19.8 Å². The van der Waals surface area contributed by atoms with Crippen LogP contribution in [0.15, 0.2) is 12.5 Å². The predicted octanol–water partition coefficient (Wildman–Crippen LogP) is 0.332. The molecule has 0 fully saturated rings. The SMILES string of the molecule is Cc1ncncc1C(=O)N(C)CCC(=O)O. The molecule has 1 rings (SSSR count). The maximum Gasteiger partial charge on any atom is 0.305 e. The Hall–Kier alpha value is -1.98. The molecule has 0 atom stereocenters. The van der Waals surface area contributed by atoms with Gasteiger partial charge >= 0.3 is 5.97 Å². The number of aromatic nitrogens is 2. The summed E-state index contributed by atoms with van der Waals surface area (Å²) in [5, 5.41) is 8.51. The Balaban J connectivity index is 2.71. The van der Waals surface area contributed by atoms with Gasteiger partial charge in [-0.25, -0.2) is 9.97 Å². The lowest BCUT2D eigenvalue weighted by molar-refractivity contribution is -0.137. The van der Waals surface area contributed by atoms with Crippen LogP contribution in [0.1, 0.15) is 22.5 Å². The standard InChI is InChI=1S/C10H13N3O3/c1-7-8(5-11-6-12-7)10(16)13(2)4-3-9(14)15/h5-6H,3-4H2,1-2H3,(H,14,15). The summed E-state index contributed by atoms with van der Waals surface area (Å²) in [5.41, 5.74) is 0.984. The van der Waals surface area contributed by atoms with Gasteiger partial charge in [0.25, 0.3) is 5.91 Å². The molecule has 0 aliphatic heterocycles. The van der Waals surface area contributed by atoms with Crippen molar-refractivity contribution < 1.29 is 14.7 Å². The van der Waals surface area contributed by atoms with E-state index >= 15 is 0 Å². The van der Waals surface area contributed by atoms with Gasteiger partial charge in [0.05, 0.1) is 17.7 Å². The van der Waals surface area contributed by atoms with Gasteiger partial charge in [-0.3, -0.25) is 9.59 Å². The van der Waals surface area contributed by atoms with E-state index in [2.05, 4.69) is 9.97 Å². The van der Waals surface area contributed by atoms with Crippen LogP contribution in [0, 0.1) is 6.92 Å². The van der Waals surface area contributed by atoms with Crippen molar-refractivity contribution in [2.75, 3.05) is 13.6 Å². The van der Waals surface area contributed by atoms with E-state index in [1.807, 2.05) is 0 Å². The monoisotopic (exact) mass is 223 g/mol. The van der Waals surface area contributed by atoms with Crippen LogP contribution in [0.3, 0.4) is 0 Å². The molecule has 0 spiro atoms. The molecule has 0 saturated carbocycles. The first kappa shape index (κ1) is 12.1. The average molecular weight is 223 g/mol. The first-order chi connectivity index (χ1) is 7.52. The highest BCUT2D eigenvalue weighted by Crippen LogP contribution is 2.05. The Morgan fingerprint density at radius 3 is 2.75 bits per heavy atom. The first-order valence-corrected chi connectivity index (χ1v) is 4.76. The number of carboxylic acids is 1. The summed E-state index contributed by atoms with van der Waals surface area (Å²) in [6.45, 7) is 1.88. The van der Waals surface area contributed by atoms with Crippen molar-refractivity contribution in [3.63, 3.8) is 0 Å². The summed E-state index contributed by atoms with van der Waals surface area (Å²) in [6, 6.07) is 0. The minimum Gasteiger partial charge on any atom is -0.481 e. The molecule has 0 aliphatic rings. The van der Waals surface area contributed by atoms with Crippen molar-refractivity contribution in [1.29, 1.82) is 0 Å². The van der Waals surface area contributed by atoms with Crippen LogP contribution < -0.4 is 0 Å². The van der Waals surface area contributed by atoms with Gasteiger partial charge in [0.1, 0.15) is 6.33 Å². The van der Waals surface area contributed by atoms with Crippen LogP contribution in [0.5, 0.6) is 0 Å². The second-order valence-electron chi connectivity index (χ2n) is 3.39. The van der Waals surface area contributed by atoms with Crippen LogP contribution in [0.4, 0.5) is 0 Å². The largest absolute Gasteiger partial charge is 0.481 e. The summed E-state index contributed by atoms with van der Waals surface area (Å²) in [4.78, 5) is 31.2. The zero-order valence-corrected chi connectivity index (χ0v) is 9.17. The molecule has 0 radical (unpaired) electrons. The summed E-state index contributed by atoms with van der Waals surface area (Å²) >= 11 is 0. The number of hydrogen-bond acceptors (Lipinski definition) is 4. The molecule has 6 heteroatoms. The van der Waals surface area contributed by atoms with Gasteiger partial charge in [-0.1, -0.05) is 0 Å². The lowest BCUT2D eigenvalue weighted by atomic mass is 10.2. The number of nitrogens with zero attached hydrogens (tertiary/aromatic N) is 3. The Bertz CT molecular complexity index is 406. The molecular formula is C10H13N3O3. The zero-order chi connectivity index (χ0) is 12.1. The van der Waals surface area contributed by atoms with Crippen molar-refractivity contribution in [3.05, 3.63) is 23.8 Å². The lowest BCUT2D eigenvalue weighted by Gasteiger charge is -2.16. The number of carbonyl (C=O) groups excluding carboxylic acids is 1. The number of aryl methyl sites for hydroxylation is 1. The van der Waals surface area contributed by atoms with Crippen molar-refractivity contribution in [2.45, 2.75) is 13.3 Å². The Morgan fingerprint density at radius 1 is 1.50 bits per heavy atom. The van der Waals surface area contributed by atoms with Crippen LogP contribution >= 0.6 is 0 Å². The molecule has 0 aromatic carbocycles. The third-order valence-corrected chi connectivity index (χ3v) is 2.15. The van der Waals surface area contributed by atoms with Crippen molar-refractivity contribution in [1.82, 2.24) is 14.9 Å². The van der Waals surface area contributed by atoms with E-state index in [0.29, 0.717) is 11.3 Å². The second-order valence-corrected chi connectivity index (χ2v) is 3.39. The minimum absolute atomic E-state index is 0.0744. The molecule has 0 aliphatic carbocycles. The highest BCUT2D eigenvalue weighted by molar-refractivity contribution is 5.94. The zero-order valence-electron chi connectivity index (χ0n) is 9.17. The van der Waals surface area contributed by atoms with E-state index < -0.39 is 5.97 Å². The van der Waals surface area contributed by atoms with Crippen LogP contribution in [0.25, 0.3) is 0 Å². The maximum atomic E-state index is 11.8. The molecule has 1 aromatic heterocycles. The third kappa shape index (κ3) is 3.01. The molecule has 1 N–H and O–H groups in total. The minimum atomic E-state index is -0.930. The summed E-state index contributed by atoms with van der Waals surface area (Å²) < 4.78 is 0. The number of rotatable bonds is 4. The van der Waals surface area contributed by atoms with E-state index in [-0.39, 0.29) is 18.9 Å². The van der Waals surface area contributed by atoms with Gasteiger partial charge < -0.3 is 10.0 Å². The van der Waals surface area contributed by atoms with E-state index in [1.54, 1.807) is 14.0 Å². The van der Waals surface area contributed by atoms with E-state index in [4.69, 9.17) is 5.11 Å². The van der Waals surface area contributed by atoms with Gasteiger partial charge in [0.15, 0.2) is 0 Å². The van der Waals surface area contributed by atoms with Crippen molar-refractivity contribution in [3.8, 4) is 0 Å². The molecule has 1 heterocycles. The number of hydrogen-bond donors (Lipinski definition) is 1. The molecule has 0 unspecified atom stereocenters. The number of amides is 1. The number of carboxylic acid groups (broad SMARTS) is 1. The lowest BCUT2D eigenvalue weighted by Crippen LogP contribution is -2.29.